The molecule has 1 aliphatic carbocycles. The molecule has 0 heterocycles. The lowest BCUT2D eigenvalue weighted by atomic mass is 9.83. The molecule has 1 aromatic carbocycles. The van der Waals surface area contributed by atoms with E-state index in [4.69, 9.17) is 5.73 Å². The Labute approximate surface area is 193 Å². The van der Waals surface area contributed by atoms with Gasteiger partial charge >= 0.3 is 0 Å². The molecule has 0 saturated heterocycles. The Hall–Kier alpha value is -2.49. The van der Waals surface area contributed by atoms with Gasteiger partial charge in [0.1, 0.15) is 11.6 Å². The second-order valence-corrected chi connectivity index (χ2v) is 9.33. The van der Waals surface area contributed by atoms with E-state index in [1.807, 2.05) is 45.9 Å². The van der Waals surface area contributed by atoms with Gasteiger partial charge in [-0.3, -0.25) is 9.79 Å². The van der Waals surface area contributed by atoms with Crippen LogP contribution in [0.4, 0.5) is 4.39 Å². The van der Waals surface area contributed by atoms with Crippen LogP contribution in [0.5, 0.6) is 0 Å². The number of allylic oxidation sites excluding steroid dienone is 5. The lowest BCUT2D eigenvalue weighted by Gasteiger charge is -2.20. The molecule has 2 N–H and O–H groups in total. The Kier molecular flexibility index (Phi) is 8.77. The first-order valence-corrected chi connectivity index (χ1v) is 11.8. The summed E-state index contributed by atoms with van der Waals surface area (Å²) in [6.07, 6.45) is 8.63. The van der Waals surface area contributed by atoms with Crippen molar-refractivity contribution in [2.75, 3.05) is 7.05 Å². The zero-order valence-corrected chi connectivity index (χ0v) is 20.5. The summed E-state index contributed by atoms with van der Waals surface area (Å²) >= 11 is 0. The van der Waals surface area contributed by atoms with Gasteiger partial charge in [-0.1, -0.05) is 65.8 Å². The Bertz CT molecular complexity index is 941. The summed E-state index contributed by atoms with van der Waals surface area (Å²) in [6.45, 7) is 14.1. The summed E-state index contributed by atoms with van der Waals surface area (Å²) in [5.41, 5.74) is 9.53. The summed E-state index contributed by atoms with van der Waals surface area (Å²) in [4.78, 5) is 17.2. The van der Waals surface area contributed by atoms with E-state index >= 15 is 4.39 Å². The van der Waals surface area contributed by atoms with E-state index in [2.05, 4.69) is 18.5 Å². The Balaban J connectivity index is 2.42. The van der Waals surface area contributed by atoms with Gasteiger partial charge < -0.3 is 5.73 Å². The van der Waals surface area contributed by atoms with E-state index in [1.165, 1.54) is 0 Å². The van der Waals surface area contributed by atoms with Crippen LogP contribution in [0, 0.1) is 23.1 Å². The average Bonchev–Trinajstić information content (AvgIpc) is 3.49. The van der Waals surface area contributed by atoms with Gasteiger partial charge in [-0.25, -0.2) is 4.39 Å². The molecule has 0 aromatic heterocycles. The fourth-order valence-electron chi connectivity index (χ4n) is 4.59. The summed E-state index contributed by atoms with van der Waals surface area (Å²) < 4.78 is 15.3. The van der Waals surface area contributed by atoms with Crippen molar-refractivity contribution < 1.29 is 9.18 Å². The van der Waals surface area contributed by atoms with Crippen LogP contribution >= 0.6 is 0 Å². The summed E-state index contributed by atoms with van der Waals surface area (Å²) in [6, 6.07) is 5.32. The van der Waals surface area contributed by atoms with E-state index in [0.717, 1.165) is 48.1 Å². The number of carbonyl (C=O) groups excluding carboxylic acids is 1. The summed E-state index contributed by atoms with van der Waals surface area (Å²) in [5, 5.41) is 0. The Morgan fingerprint density at radius 3 is 2.53 bits per heavy atom. The van der Waals surface area contributed by atoms with Gasteiger partial charge in [-0.2, -0.15) is 0 Å². The van der Waals surface area contributed by atoms with Crippen molar-refractivity contribution in [2.45, 2.75) is 66.2 Å². The first kappa shape index (κ1) is 25.8. The van der Waals surface area contributed by atoms with Crippen LogP contribution < -0.4 is 5.73 Å². The van der Waals surface area contributed by atoms with Crippen molar-refractivity contribution in [3.05, 3.63) is 65.1 Å². The molecule has 0 bridgehead atoms. The number of ketones is 1. The molecule has 2 rings (SSSR count). The van der Waals surface area contributed by atoms with E-state index < -0.39 is 5.41 Å². The van der Waals surface area contributed by atoms with E-state index in [9.17, 15) is 4.79 Å². The van der Waals surface area contributed by atoms with Crippen LogP contribution in [-0.4, -0.2) is 19.0 Å². The number of hydrogen-bond acceptors (Lipinski definition) is 3. The van der Waals surface area contributed by atoms with Crippen LogP contribution in [0.15, 0.2) is 53.2 Å². The minimum absolute atomic E-state index is 0.0149. The zero-order valence-electron chi connectivity index (χ0n) is 20.5. The smallest absolute Gasteiger partial charge is 0.142 e. The summed E-state index contributed by atoms with van der Waals surface area (Å²) in [5.74, 6) is 0.171. The molecule has 174 valence electrons. The summed E-state index contributed by atoms with van der Waals surface area (Å²) in [7, 11) is 1.70. The van der Waals surface area contributed by atoms with Gasteiger partial charge in [0.05, 0.1) is 0 Å². The fraction of sp³-hybridized carbons (Fsp3) is 0.500. The van der Waals surface area contributed by atoms with Gasteiger partial charge in [-0.05, 0) is 54.0 Å². The lowest BCUT2D eigenvalue weighted by molar-refractivity contribution is -0.128. The Morgan fingerprint density at radius 1 is 1.34 bits per heavy atom. The van der Waals surface area contributed by atoms with E-state index in [0.29, 0.717) is 11.3 Å². The molecule has 3 atom stereocenters. The quantitative estimate of drug-likeness (QED) is 0.303. The van der Waals surface area contributed by atoms with E-state index in [1.54, 1.807) is 25.4 Å². The fourth-order valence-corrected chi connectivity index (χ4v) is 4.59. The molecule has 0 aliphatic heterocycles. The minimum atomic E-state index is -0.400. The Morgan fingerprint density at radius 2 is 2.03 bits per heavy atom. The highest BCUT2D eigenvalue weighted by Gasteiger charge is 2.60. The molecule has 2 unspecified atom stereocenters. The zero-order chi connectivity index (χ0) is 24.1. The molecule has 1 saturated carbocycles. The highest BCUT2D eigenvalue weighted by molar-refractivity contribution is 5.91. The number of aliphatic imine (C=N–C) groups is 1. The number of nitrogens with two attached hydrogens (primary N) is 1. The first-order chi connectivity index (χ1) is 15.2. The highest BCUT2D eigenvalue weighted by Crippen LogP contribution is 2.64. The highest BCUT2D eigenvalue weighted by atomic mass is 19.1. The van der Waals surface area contributed by atoms with Crippen LogP contribution in [0.25, 0.3) is 5.57 Å². The molecule has 0 spiro atoms. The van der Waals surface area contributed by atoms with Crippen molar-refractivity contribution in [1.82, 2.24) is 0 Å². The molecular weight excluding hydrogens is 399 g/mol. The number of carbonyl (C=O) groups is 1. The number of nitrogens with zero attached hydrogens (tertiary/aromatic N) is 1. The van der Waals surface area contributed by atoms with Gasteiger partial charge in [0, 0.05) is 41.8 Å². The minimum Gasteiger partial charge on any atom is -0.401 e. The van der Waals surface area contributed by atoms with Gasteiger partial charge in [0.25, 0.3) is 0 Å². The third-order valence-electron chi connectivity index (χ3n) is 6.79. The molecule has 1 fully saturated rings. The second-order valence-electron chi connectivity index (χ2n) is 9.33. The number of rotatable bonds is 11. The normalized spacial score (nSPS) is 22.8. The predicted molar refractivity (Wildman–Crippen MR) is 134 cm³/mol. The van der Waals surface area contributed by atoms with Gasteiger partial charge in [0.15, 0.2) is 0 Å². The van der Waals surface area contributed by atoms with Crippen molar-refractivity contribution in [1.29, 1.82) is 0 Å². The third-order valence-corrected chi connectivity index (χ3v) is 6.79. The molecule has 0 amide bonds. The number of benzene rings is 1. The SMILES string of the molecule is C=C/C(=C\C(C=NC)=C(\N)C(C)C)c1ccc(C2C[C@]2(CCC)C(=O)C(C)CC)c(F)c1. The maximum Gasteiger partial charge on any atom is 0.142 e. The van der Waals surface area contributed by atoms with Crippen molar-refractivity contribution in [3.8, 4) is 0 Å². The average molecular weight is 439 g/mol. The first-order valence-electron chi connectivity index (χ1n) is 11.8. The molecule has 4 heteroatoms. The number of Topliss-reactive ketones (excluding diaryl/α,β-unsaturated/α-hetero) is 1. The standard InChI is InChI=1S/C28H39FN2O/c1-8-13-28(27(32)19(6)9-2)16-24(28)23-12-11-21(15-25(23)29)20(10-3)14-22(17-31-7)26(30)18(4)5/h10-12,14-15,17-19,24H,3,8-9,13,16,30H2,1-2,4-7H3/b20-14+,26-22-,31-17?/t19?,24?,28-/m0/s1. The van der Waals surface area contributed by atoms with Crippen LogP contribution in [0.2, 0.25) is 0 Å². The van der Waals surface area contributed by atoms with Crippen LogP contribution in [-0.2, 0) is 4.79 Å². The number of halogens is 1. The van der Waals surface area contributed by atoms with Gasteiger partial charge in [0.2, 0.25) is 0 Å². The monoisotopic (exact) mass is 438 g/mol. The molecular formula is C28H39FN2O. The van der Waals surface area contributed by atoms with Crippen molar-refractivity contribution >= 4 is 17.6 Å². The topological polar surface area (TPSA) is 55.4 Å². The van der Waals surface area contributed by atoms with Crippen molar-refractivity contribution in [2.24, 2.45) is 28.0 Å². The van der Waals surface area contributed by atoms with E-state index in [-0.39, 0.29) is 23.6 Å². The van der Waals surface area contributed by atoms with Crippen molar-refractivity contribution in [3.63, 3.8) is 0 Å². The van der Waals surface area contributed by atoms with Crippen LogP contribution in [0.3, 0.4) is 0 Å². The predicted octanol–water partition coefficient (Wildman–Crippen LogP) is 6.85. The largest absolute Gasteiger partial charge is 0.401 e. The maximum atomic E-state index is 15.3. The molecule has 0 radical (unpaired) electrons. The maximum absolute atomic E-state index is 15.3. The third kappa shape index (κ3) is 5.28. The molecule has 32 heavy (non-hydrogen) atoms. The van der Waals surface area contributed by atoms with Crippen LogP contribution in [0.1, 0.15) is 77.3 Å². The second kappa shape index (κ2) is 10.9. The molecule has 1 aromatic rings. The van der Waals surface area contributed by atoms with Gasteiger partial charge in [-0.15, -0.1) is 0 Å². The number of hydrogen-bond donors (Lipinski definition) is 1. The molecule has 3 nitrogen and oxygen atoms in total. The molecule has 1 aliphatic rings. The lowest BCUT2D eigenvalue weighted by Crippen LogP contribution is -2.24.